The van der Waals surface area contributed by atoms with Gasteiger partial charge in [-0.3, -0.25) is 14.3 Å². The SMILES string of the molecule is Cn1nc(C(=O)NCc2ccccc2)c2c1CCN(C(=O)c1c(F)cccc1F)C2. The number of hydrogen-bond acceptors (Lipinski definition) is 3. The molecule has 8 heteroatoms. The first kappa shape index (κ1) is 19.8. The molecular formula is C22H20F2N4O2. The number of hydrogen-bond donors (Lipinski definition) is 1. The molecule has 2 heterocycles. The van der Waals surface area contributed by atoms with Gasteiger partial charge in [-0.15, -0.1) is 0 Å². The molecular weight excluding hydrogens is 390 g/mol. The van der Waals surface area contributed by atoms with Gasteiger partial charge in [-0.25, -0.2) is 8.78 Å². The zero-order chi connectivity index (χ0) is 21.3. The highest BCUT2D eigenvalue weighted by Crippen LogP contribution is 2.25. The summed E-state index contributed by atoms with van der Waals surface area (Å²) in [6.45, 7) is 0.683. The molecule has 0 saturated heterocycles. The van der Waals surface area contributed by atoms with Crippen molar-refractivity contribution < 1.29 is 18.4 Å². The minimum Gasteiger partial charge on any atom is -0.347 e. The summed E-state index contributed by atoms with van der Waals surface area (Å²) < 4.78 is 29.7. The van der Waals surface area contributed by atoms with Gasteiger partial charge in [0, 0.05) is 37.8 Å². The third kappa shape index (κ3) is 3.68. The minimum atomic E-state index is -0.905. The summed E-state index contributed by atoms with van der Waals surface area (Å²) in [5.74, 6) is -2.91. The van der Waals surface area contributed by atoms with Crippen molar-refractivity contribution in [1.82, 2.24) is 20.0 Å². The molecule has 1 aromatic heterocycles. The maximum absolute atomic E-state index is 14.1. The monoisotopic (exact) mass is 410 g/mol. The molecule has 0 bridgehead atoms. The van der Waals surface area contributed by atoms with E-state index in [1.165, 1.54) is 11.0 Å². The van der Waals surface area contributed by atoms with Crippen LogP contribution in [0.1, 0.15) is 37.7 Å². The van der Waals surface area contributed by atoms with Crippen LogP contribution in [0.4, 0.5) is 8.78 Å². The van der Waals surface area contributed by atoms with Crippen LogP contribution in [0.15, 0.2) is 48.5 Å². The Bertz CT molecular complexity index is 1090. The second-order valence-electron chi connectivity index (χ2n) is 7.14. The molecule has 0 spiro atoms. The molecule has 1 aliphatic heterocycles. The Morgan fingerprint density at radius 3 is 2.47 bits per heavy atom. The van der Waals surface area contributed by atoms with Crippen LogP contribution in [0, 0.1) is 11.6 Å². The van der Waals surface area contributed by atoms with Crippen LogP contribution >= 0.6 is 0 Å². The standard InChI is InChI=1S/C22H20F2N4O2/c1-27-18-10-11-28(22(30)19-16(23)8-5-9-17(19)24)13-15(18)20(26-27)21(29)25-12-14-6-3-2-4-7-14/h2-9H,10-13H2,1H3,(H,25,29). The van der Waals surface area contributed by atoms with Gasteiger partial charge in [-0.1, -0.05) is 36.4 Å². The molecule has 2 amide bonds. The number of carbonyl (C=O) groups excluding carboxylic acids is 2. The number of aryl methyl sites for hydroxylation is 1. The van der Waals surface area contributed by atoms with Gasteiger partial charge in [0.2, 0.25) is 0 Å². The van der Waals surface area contributed by atoms with Crippen LogP contribution in [0.25, 0.3) is 0 Å². The first-order chi connectivity index (χ1) is 14.5. The van der Waals surface area contributed by atoms with E-state index in [1.54, 1.807) is 11.7 Å². The van der Waals surface area contributed by atoms with E-state index in [1.807, 2.05) is 30.3 Å². The van der Waals surface area contributed by atoms with E-state index in [2.05, 4.69) is 10.4 Å². The highest BCUT2D eigenvalue weighted by molar-refractivity contribution is 5.96. The molecule has 0 saturated carbocycles. The average molecular weight is 410 g/mol. The summed E-state index contributed by atoms with van der Waals surface area (Å²) in [7, 11) is 1.74. The van der Waals surface area contributed by atoms with Crippen molar-refractivity contribution in [2.45, 2.75) is 19.5 Å². The lowest BCUT2D eigenvalue weighted by Gasteiger charge is -2.28. The Morgan fingerprint density at radius 2 is 1.77 bits per heavy atom. The maximum atomic E-state index is 14.1. The Balaban J connectivity index is 1.56. The Labute approximate surface area is 172 Å². The number of carbonyl (C=O) groups is 2. The molecule has 0 aliphatic carbocycles. The molecule has 0 atom stereocenters. The van der Waals surface area contributed by atoms with Crippen LogP contribution in [0.5, 0.6) is 0 Å². The third-order valence-electron chi connectivity index (χ3n) is 5.22. The van der Waals surface area contributed by atoms with E-state index in [4.69, 9.17) is 0 Å². The number of benzene rings is 2. The van der Waals surface area contributed by atoms with Gasteiger partial charge >= 0.3 is 0 Å². The second-order valence-corrected chi connectivity index (χ2v) is 7.14. The number of rotatable bonds is 4. The van der Waals surface area contributed by atoms with Crippen molar-refractivity contribution in [2.75, 3.05) is 6.54 Å². The Morgan fingerprint density at radius 1 is 1.07 bits per heavy atom. The van der Waals surface area contributed by atoms with E-state index in [0.717, 1.165) is 23.4 Å². The van der Waals surface area contributed by atoms with Gasteiger partial charge in [0.15, 0.2) is 5.69 Å². The van der Waals surface area contributed by atoms with Crippen molar-refractivity contribution >= 4 is 11.8 Å². The van der Waals surface area contributed by atoms with E-state index < -0.39 is 23.1 Å². The van der Waals surface area contributed by atoms with Gasteiger partial charge in [0.1, 0.15) is 17.2 Å². The smallest absolute Gasteiger partial charge is 0.272 e. The van der Waals surface area contributed by atoms with E-state index in [0.29, 0.717) is 18.5 Å². The third-order valence-corrected chi connectivity index (χ3v) is 5.22. The van der Waals surface area contributed by atoms with Crippen LogP contribution in [-0.4, -0.2) is 33.0 Å². The van der Waals surface area contributed by atoms with Gasteiger partial charge in [-0.05, 0) is 17.7 Å². The zero-order valence-electron chi connectivity index (χ0n) is 16.4. The highest BCUT2D eigenvalue weighted by Gasteiger charge is 2.31. The molecule has 0 radical (unpaired) electrons. The van der Waals surface area contributed by atoms with Gasteiger partial charge in [0.05, 0.1) is 6.54 Å². The molecule has 30 heavy (non-hydrogen) atoms. The molecule has 3 aromatic rings. The minimum absolute atomic E-state index is 0.0594. The average Bonchev–Trinajstić information content (AvgIpc) is 3.08. The molecule has 1 N–H and O–H groups in total. The number of aromatic nitrogens is 2. The fraction of sp³-hybridized carbons (Fsp3) is 0.227. The fourth-order valence-corrected chi connectivity index (χ4v) is 3.67. The van der Waals surface area contributed by atoms with Crippen LogP contribution < -0.4 is 5.32 Å². The summed E-state index contributed by atoms with van der Waals surface area (Å²) in [5.41, 5.74) is 2.01. The van der Waals surface area contributed by atoms with E-state index in [9.17, 15) is 18.4 Å². The van der Waals surface area contributed by atoms with Crippen LogP contribution in [0.2, 0.25) is 0 Å². The largest absolute Gasteiger partial charge is 0.347 e. The topological polar surface area (TPSA) is 67.2 Å². The lowest BCUT2D eigenvalue weighted by atomic mass is 10.0. The fourth-order valence-electron chi connectivity index (χ4n) is 3.67. The molecule has 2 aromatic carbocycles. The van der Waals surface area contributed by atoms with E-state index in [-0.39, 0.29) is 24.7 Å². The first-order valence-corrected chi connectivity index (χ1v) is 9.56. The summed E-state index contributed by atoms with van der Waals surface area (Å²) in [6, 6.07) is 12.8. The summed E-state index contributed by atoms with van der Waals surface area (Å²) in [6.07, 6.45) is 0.437. The van der Waals surface area contributed by atoms with Gasteiger partial charge < -0.3 is 10.2 Å². The van der Waals surface area contributed by atoms with Crippen molar-refractivity contribution in [1.29, 1.82) is 0 Å². The predicted octanol–water partition coefficient (Wildman–Crippen LogP) is 2.83. The van der Waals surface area contributed by atoms with Crippen LogP contribution in [-0.2, 0) is 26.6 Å². The molecule has 154 valence electrons. The van der Waals surface area contributed by atoms with Crippen LogP contribution in [0.3, 0.4) is 0 Å². The number of amides is 2. The lowest BCUT2D eigenvalue weighted by molar-refractivity contribution is 0.0720. The normalized spacial score (nSPS) is 13.1. The van der Waals surface area contributed by atoms with Gasteiger partial charge in [0.25, 0.3) is 11.8 Å². The Hall–Kier alpha value is -3.55. The summed E-state index contributed by atoms with van der Waals surface area (Å²) >= 11 is 0. The molecule has 0 fully saturated rings. The second kappa shape index (κ2) is 8.06. The van der Waals surface area contributed by atoms with Crippen molar-refractivity contribution in [3.8, 4) is 0 Å². The summed E-state index contributed by atoms with van der Waals surface area (Å²) in [5, 5.41) is 7.16. The zero-order valence-corrected chi connectivity index (χ0v) is 16.4. The number of halogens is 2. The predicted molar refractivity (Wildman–Crippen MR) is 106 cm³/mol. The van der Waals surface area contributed by atoms with E-state index >= 15 is 0 Å². The number of nitrogens with zero attached hydrogens (tertiary/aromatic N) is 3. The molecule has 4 rings (SSSR count). The molecule has 1 aliphatic rings. The maximum Gasteiger partial charge on any atom is 0.272 e. The Kier molecular flexibility index (Phi) is 5.31. The lowest BCUT2D eigenvalue weighted by Crippen LogP contribution is -2.38. The highest BCUT2D eigenvalue weighted by atomic mass is 19.1. The van der Waals surface area contributed by atoms with Gasteiger partial charge in [-0.2, -0.15) is 5.10 Å². The van der Waals surface area contributed by atoms with Crippen molar-refractivity contribution in [3.63, 3.8) is 0 Å². The quantitative estimate of drug-likeness (QED) is 0.719. The van der Waals surface area contributed by atoms with Crippen molar-refractivity contribution in [3.05, 3.63) is 88.2 Å². The van der Waals surface area contributed by atoms with Crippen molar-refractivity contribution in [2.24, 2.45) is 7.05 Å². The number of nitrogens with one attached hydrogen (secondary N) is 1. The number of fused-ring (bicyclic) bond motifs is 1. The molecule has 0 unspecified atom stereocenters. The first-order valence-electron chi connectivity index (χ1n) is 9.56. The summed E-state index contributed by atoms with van der Waals surface area (Å²) in [4.78, 5) is 26.9. The molecule has 6 nitrogen and oxygen atoms in total.